The van der Waals surface area contributed by atoms with Crippen LogP contribution in [0.25, 0.3) is 11.1 Å². The number of ether oxygens (including phenoxy) is 1. The molecule has 6 nitrogen and oxygen atoms in total. The molecule has 0 heterocycles. The molecule has 0 fully saturated rings. The lowest BCUT2D eigenvalue weighted by Gasteiger charge is -2.17. The number of rotatable bonds is 7. The number of aliphatic carboxylic acids is 1. The van der Waals surface area contributed by atoms with Crippen molar-refractivity contribution in [2.45, 2.75) is 24.8 Å². The number of carbonyl (C=O) groups excluding carboxylic acids is 2. The number of carbonyl (C=O) groups is 3. The van der Waals surface area contributed by atoms with E-state index in [1.165, 1.54) is 0 Å². The van der Waals surface area contributed by atoms with Crippen LogP contribution in [0.5, 0.6) is 0 Å². The molecule has 2 aromatic rings. The zero-order valence-corrected chi connectivity index (χ0v) is 14.1. The molecule has 1 aliphatic rings. The van der Waals surface area contributed by atoms with Crippen LogP contribution in [0.2, 0.25) is 0 Å². The van der Waals surface area contributed by atoms with Crippen LogP contribution >= 0.6 is 0 Å². The molecule has 2 N–H and O–H groups in total. The standard InChI is InChI=1S/C20H19NO5/c22-11-5-10-18(19(23)24)21-20(25)26-12-17-15-8-3-1-6-13(15)14-7-2-4-9-16(14)17/h1-4,6-9,11,17-18H,5,10,12H2,(H,21,25)(H,23,24). The predicted molar refractivity (Wildman–Crippen MR) is 94.9 cm³/mol. The first-order valence-corrected chi connectivity index (χ1v) is 8.39. The molecule has 0 saturated carbocycles. The Kier molecular flexibility index (Phi) is 5.31. The summed E-state index contributed by atoms with van der Waals surface area (Å²) in [5, 5.41) is 11.4. The highest BCUT2D eigenvalue weighted by atomic mass is 16.5. The summed E-state index contributed by atoms with van der Waals surface area (Å²) in [4.78, 5) is 33.6. The van der Waals surface area contributed by atoms with E-state index in [2.05, 4.69) is 5.32 Å². The lowest BCUT2D eigenvalue weighted by atomic mass is 9.98. The fourth-order valence-corrected chi connectivity index (χ4v) is 3.27. The van der Waals surface area contributed by atoms with Gasteiger partial charge in [-0.15, -0.1) is 0 Å². The Bertz CT molecular complexity index is 787. The molecular formula is C20H19NO5. The van der Waals surface area contributed by atoms with Crippen molar-refractivity contribution in [2.24, 2.45) is 0 Å². The molecule has 26 heavy (non-hydrogen) atoms. The zero-order valence-electron chi connectivity index (χ0n) is 14.1. The Hall–Kier alpha value is -3.15. The molecule has 0 spiro atoms. The number of carboxylic acid groups (broad SMARTS) is 1. The number of hydrogen-bond acceptors (Lipinski definition) is 4. The summed E-state index contributed by atoms with van der Waals surface area (Å²) in [6, 6.07) is 14.8. The maximum Gasteiger partial charge on any atom is 0.407 e. The van der Waals surface area contributed by atoms with E-state index < -0.39 is 18.1 Å². The highest BCUT2D eigenvalue weighted by molar-refractivity contribution is 5.81. The molecular weight excluding hydrogens is 334 g/mol. The minimum absolute atomic E-state index is 0.0308. The highest BCUT2D eigenvalue weighted by Crippen LogP contribution is 2.44. The van der Waals surface area contributed by atoms with E-state index in [0.717, 1.165) is 22.3 Å². The van der Waals surface area contributed by atoms with Crippen LogP contribution in [-0.2, 0) is 14.3 Å². The van der Waals surface area contributed by atoms with Gasteiger partial charge in [0.25, 0.3) is 0 Å². The van der Waals surface area contributed by atoms with Gasteiger partial charge in [0, 0.05) is 12.3 Å². The third-order valence-electron chi connectivity index (χ3n) is 4.51. The van der Waals surface area contributed by atoms with Crippen molar-refractivity contribution in [1.29, 1.82) is 0 Å². The van der Waals surface area contributed by atoms with E-state index in [1.54, 1.807) is 0 Å². The molecule has 1 atom stereocenters. The molecule has 0 bridgehead atoms. The Morgan fingerprint density at radius 3 is 2.19 bits per heavy atom. The van der Waals surface area contributed by atoms with Gasteiger partial charge in [0.2, 0.25) is 0 Å². The van der Waals surface area contributed by atoms with Gasteiger partial charge < -0.3 is 20.0 Å². The lowest BCUT2D eigenvalue weighted by molar-refractivity contribution is -0.139. The molecule has 134 valence electrons. The van der Waals surface area contributed by atoms with Gasteiger partial charge >= 0.3 is 12.1 Å². The average Bonchev–Trinajstić information content (AvgIpc) is 2.97. The van der Waals surface area contributed by atoms with Gasteiger partial charge in [-0.2, -0.15) is 0 Å². The topological polar surface area (TPSA) is 92.7 Å². The molecule has 6 heteroatoms. The molecule has 3 rings (SSSR count). The fourth-order valence-electron chi connectivity index (χ4n) is 3.27. The highest BCUT2D eigenvalue weighted by Gasteiger charge is 2.29. The molecule has 2 aromatic carbocycles. The summed E-state index contributed by atoms with van der Waals surface area (Å²) < 4.78 is 5.30. The van der Waals surface area contributed by atoms with E-state index in [1.807, 2.05) is 48.5 Å². The normalized spacial score (nSPS) is 13.4. The van der Waals surface area contributed by atoms with E-state index in [0.29, 0.717) is 6.29 Å². The lowest BCUT2D eigenvalue weighted by Crippen LogP contribution is -2.41. The van der Waals surface area contributed by atoms with Gasteiger partial charge in [-0.05, 0) is 28.7 Å². The van der Waals surface area contributed by atoms with E-state index in [-0.39, 0.29) is 25.4 Å². The van der Waals surface area contributed by atoms with Crippen LogP contribution in [0.1, 0.15) is 29.9 Å². The van der Waals surface area contributed by atoms with Crippen LogP contribution in [0.3, 0.4) is 0 Å². The second-order valence-electron chi connectivity index (χ2n) is 6.10. The van der Waals surface area contributed by atoms with Crippen molar-refractivity contribution in [3.63, 3.8) is 0 Å². The summed E-state index contributed by atoms with van der Waals surface area (Å²) in [5.74, 6) is -1.29. The van der Waals surface area contributed by atoms with Crippen molar-refractivity contribution < 1.29 is 24.2 Å². The third-order valence-corrected chi connectivity index (χ3v) is 4.51. The number of hydrogen-bond donors (Lipinski definition) is 2. The number of amides is 1. The Morgan fingerprint density at radius 2 is 1.65 bits per heavy atom. The SMILES string of the molecule is O=CCCC(NC(=O)OCC1c2ccccc2-c2ccccc21)C(=O)O. The Labute approximate surface area is 150 Å². The van der Waals surface area contributed by atoms with Crippen molar-refractivity contribution in [3.8, 4) is 11.1 Å². The number of nitrogens with one attached hydrogen (secondary N) is 1. The largest absolute Gasteiger partial charge is 0.480 e. The summed E-state index contributed by atoms with van der Waals surface area (Å²) in [7, 11) is 0. The minimum atomic E-state index is -1.19. The smallest absolute Gasteiger partial charge is 0.407 e. The van der Waals surface area contributed by atoms with Crippen LogP contribution in [0.15, 0.2) is 48.5 Å². The summed E-state index contributed by atoms with van der Waals surface area (Å²) in [6.07, 6.45) is -0.0934. The molecule has 0 radical (unpaired) electrons. The van der Waals surface area contributed by atoms with Gasteiger partial charge in [-0.25, -0.2) is 9.59 Å². The quantitative estimate of drug-likeness (QED) is 0.747. The first-order valence-electron chi connectivity index (χ1n) is 8.39. The Morgan fingerprint density at radius 1 is 1.08 bits per heavy atom. The first kappa shape index (κ1) is 17.7. The molecule has 0 aromatic heterocycles. The first-order chi connectivity index (χ1) is 12.6. The fraction of sp³-hybridized carbons (Fsp3) is 0.250. The summed E-state index contributed by atoms with van der Waals surface area (Å²) in [6.45, 7) is 0.111. The van der Waals surface area contributed by atoms with Crippen molar-refractivity contribution in [2.75, 3.05) is 6.61 Å². The summed E-state index contributed by atoms with van der Waals surface area (Å²) in [5.41, 5.74) is 4.40. The van der Waals surface area contributed by atoms with Crippen LogP contribution in [-0.4, -0.2) is 36.1 Å². The molecule has 0 saturated heterocycles. The average molecular weight is 353 g/mol. The predicted octanol–water partition coefficient (Wildman–Crippen LogP) is 2.96. The number of benzene rings is 2. The van der Waals surface area contributed by atoms with Crippen LogP contribution < -0.4 is 5.32 Å². The van der Waals surface area contributed by atoms with E-state index in [4.69, 9.17) is 9.84 Å². The minimum Gasteiger partial charge on any atom is -0.480 e. The number of fused-ring (bicyclic) bond motifs is 3. The van der Waals surface area contributed by atoms with E-state index >= 15 is 0 Å². The number of aldehydes is 1. The van der Waals surface area contributed by atoms with Gasteiger partial charge in [0.15, 0.2) is 0 Å². The van der Waals surface area contributed by atoms with Gasteiger partial charge in [0.1, 0.15) is 18.9 Å². The second kappa shape index (κ2) is 7.82. The maximum absolute atomic E-state index is 12.0. The van der Waals surface area contributed by atoms with Crippen molar-refractivity contribution >= 4 is 18.3 Å². The molecule has 1 aliphatic carbocycles. The monoisotopic (exact) mass is 353 g/mol. The molecule has 0 aliphatic heterocycles. The molecule has 1 amide bonds. The van der Waals surface area contributed by atoms with Crippen LogP contribution in [0, 0.1) is 0 Å². The van der Waals surface area contributed by atoms with Crippen LogP contribution in [0.4, 0.5) is 4.79 Å². The van der Waals surface area contributed by atoms with E-state index in [9.17, 15) is 14.4 Å². The molecule has 1 unspecified atom stereocenters. The summed E-state index contributed by atoms with van der Waals surface area (Å²) >= 11 is 0. The zero-order chi connectivity index (χ0) is 18.5. The second-order valence-corrected chi connectivity index (χ2v) is 6.10. The number of carboxylic acids is 1. The maximum atomic E-state index is 12.0. The Balaban J connectivity index is 1.69. The van der Waals surface area contributed by atoms with Crippen molar-refractivity contribution in [3.05, 3.63) is 59.7 Å². The third kappa shape index (κ3) is 3.59. The van der Waals surface area contributed by atoms with Gasteiger partial charge in [-0.3, -0.25) is 0 Å². The van der Waals surface area contributed by atoms with Gasteiger partial charge in [0.05, 0.1) is 0 Å². The van der Waals surface area contributed by atoms with Gasteiger partial charge in [-0.1, -0.05) is 48.5 Å². The number of alkyl carbamates (subject to hydrolysis) is 1. The van der Waals surface area contributed by atoms with Crippen molar-refractivity contribution in [1.82, 2.24) is 5.32 Å².